The Kier molecular flexibility index (Phi) is 3.14. The number of benzene rings is 2. The first-order valence-corrected chi connectivity index (χ1v) is 9.76. The molecular weight excluding hydrogens is 366 g/mol. The largest absolute Gasteiger partial charge is 0.334 e. The number of likely N-dealkylation sites (N-methyl/N-ethyl adjacent to an activating group) is 1. The van der Waals surface area contributed by atoms with Crippen LogP contribution in [0.15, 0.2) is 54.6 Å². The zero-order valence-corrected chi connectivity index (χ0v) is 15.8. The van der Waals surface area contributed by atoms with Crippen LogP contribution in [0.25, 0.3) is 0 Å². The SMILES string of the molecule is CN1C(=O)[C@]2(NC(=O)c3nnc(Cc4ccccc4)[nH]3)C3[C@@H](c4ccccc41)[C@H]32. The second kappa shape index (κ2) is 5.53. The quantitative estimate of drug-likeness (QED) is 0.718. The van der Waals surface area contributed by atoms with Crippen molar-refractivity contribution in [3.05, 3.63) is 77.4 Å². The van der Waals surface area contributed by atoms with Crippen molar-refractivity contribution in [2.45, 2.75) is 17.9 Å². The van der Waals surface area contributed by atoms with Gasteiger partial charge < -0.3 is 15.2 Å². The topological polar surface area (TPSA) is 91.0 Å². The maximum Gasteiger partial charge on any atom is 0.289 e. The molecule has 2 amide bonds. The van der Waals surface area contributed by atoms with Crippen molar-refractivity contribution in [3.8, 4) is 0 Å². The third kappa shape index (κ3) is 2.18. The normalized spacial score (nSPS) is 28.2. The van der Waals surface area contributed by atoms with E-state index in [0.29, 0.717) is 18.2 Å². The molecule has 0 spiro atoms. The third-order valence-electron chi connectivity index (χ3n) is 6.56. The second-order valence-electron chi connectivity index (χ2n) is 8.11. The number of rotatable bonds is 4. The Morgan fingerprint density at radius 1 is 1.10 bits per heavy atom. The molecular formula is C22H19N5O2. The molecule has 0 radical (unpaired) electrons. The number of amides is 2. The fourth-order valence-electron chi connectivity index (χ4n) is 5.07. The number of anilines is 1. The van der Waals surface area contributed by atoms with Crippen LogP contribution in [0.2, 0.25) is 0 Å². The summed E-state index contributed by atoms with van der Waals surface area (Å²) in [5.74, 6) is 1.04. The van der Waals surface area contributed by atoms with E-state index in [4.69, 9.17) is 0 Å². The number of nitrogens with one attached hydrogen (secondary N) is 2. The van der Waals surface area contributed by atoms with Gasteiger partial charge in [-0.15, -0.1) is 10.2 Å². The number of aromatic nitrogens is 3. The molecule has 2 aliphatic heterocycles. The van der Waals surface area contributed by atoms with Gasteiger partial charge in [-0.05, 0) is 23.1 Å². The van der Waals surface area contributed by atoms with Gasteiger partial charge in [-0.25, -0.2) is 0 Å². The highest BCUT2D eigenvalue weighted by atomic mass is 16.2. The lowest BCUT2D eigenvalue weighted by Crippen LogP contribution is -2.54. The molecule has 2 saturated carbocycles. The van der Waals surface area contributed by atoms with Gasteiger partial charge >= 0.3 is 0 Å². The number of carbonyl (C=O) groups excluding carboxylic acids is 2. The molecule has 3 aromatic rings. The van der Waals surface area contributed by atoms with Crippen LogP contribution in [0, 0.1) is 11.8 Å². The maximum absolute atomic E-state index is 13.2. The smallest absolute Gasteiger partial charge is 0.289 e. The van der Waals surface area contributed by atoms with Crippen molar-refractivity contribution in [1.82, 2.24) is 20.5 Å². The van der Waals surface area contributed by atoms with Gasteiger partial charge in [-0.3, -0.25) is 9.59 Å². The highest BCUT2D eigenvalue weighted by Gasteiger charge is 2.89. The fourth-order valence-corrected chi connectivity index (χ4v) is 5.07. The van der Waals surface area contributed by atoms with Gasteiger partial charge in [0.15, 0.2) is 0 Å². The number of nitrogens with zero attached hydrogens (tertiary/aromatic N) is 3. The number of carbonyl (C=O) groups is 2. The summed E-state index contributed by atoms with van der Waals surface area (Å²) in [6.07, 6.45) is 0.566. The predicted octanol–water partition coefficient (Wildman–Crippen LogP) is 1.88. The molecule has 7 heteroatoms. The zero-order chi connectivity index (χ0) is 19.8. The Hall–Kier alpha value is -3.48. The van der Waals surface area contributed by atoms with E-state index < -0.39 is 5.54 Å². The zero-order valence-electron chi connectivity index (χ0n) is 15.8. The van der Waals surface area contributed by atoms with Crippen LogP contribution < -0.4 is 10.2 Å². The third-order valence-corrected chi connectivity index (χ3v) is 6.56. The van der Waals surface area contributed by atoms with E-state index in [1.54, 1.807) is 11.9 Å². The first-order chi connectivity index (χ1) is 14.1. The van der Waals surface area contributed by atoms with Gasteiger partial charge in [0, 0.05) is 31.0 Å². The second-order valence-corrected chi connectivity index (χ2v) is 8.11. The lowest BCUT2D eigenvalue weighted by atomic mass is 9.92. The first kappa shape index (κ1) is 16.5. The highest BCUT2D eigenvalue weighted by Crippen LogP contribution is 2.82. The lowest BCUT2D eigenvalue weighted by molar-refractivity contribution is -0.122. The fraction of sp³-hybridized carbons (Fsp3) is 0.273. The molecule has 1 aromatic heterocycles. The summed E-state index contributed by atoms with van der Waals surface area (Å²) in [4.78, 5) is 30.7. The van der Waals surface area contributed by atoms with E-state index >= 15 is 0 Å². The van der Waals surface area contributed by atoms with Crippen molar-refractivity contribution in [3.63, 3.8) is 0 Å². The number of H-pyrrole nitrogens is 1. The molecule has 7 nitrogen and oxygen atoms in total. The van der Waals surface area contributed by atoms with Gasteiger partial charge in [0.2, 0.25) is 5.82 Å². The van der Waals surface area contributed by atoms with Gasteiger partial charge in [-0.1, -0.05) is 48.5 Å². The van der Waals surface area contributed by atoms with E-state index in [1.807, 2.05) is 48.5 Å². The molecule has 4 atom stereocenters. The van der Waals surface area contributed by atoms with Crippen LogP contribution in [-0.4, -0.2) is 39.6 Å². The van der Waals surface area contributed by atoms with Crippen molar-refractivity contribution < 1.29 is 9.59 Å². The number of hydrogen-bond acceptors (Lipinski definition) is 4. The minimum absolute atomic E-state index is 0.0499. The molecule has 2 bridgehead atoms. The number of fused-ring (bicyclic) bond motifs is 1. The summed E-state index contributed by atoms with van der Waals surface area (Å²) in [6, 6.07) is 17.9. The Bertz CT molecular complexity index is 1140. The van der Waals surface area contributed by atoms with Crippen LogP contribution in [-0.2, 0) is 11.2 Å². The molecule has 0 saturated heterocycles. The Morgan fingerprint density at radius 3 is 2.62 bits per heavy atom. The summed E-state index contributed by atoms with van der Waals surface area (Å²) in [5, 5.41) is 11.1. The van der Waals surface area contributed by atoms with E-state index in [9.17, 15) is 9.59 Å². The predicted molar refractivity (Wildman–Crippen MR) is 105 cm³/mol. The molecule has 4 aliphatic rings. The molecule has 1 unspecified atom stereocenters. The molecule has 2 N–H and O–H groups in total. The van der Waals surface area contributed by atoms with Crippen LogP contribution >= 0.6 is 0 Å². The monoisotopic (exact) mass is 385 g/mol. The van der Waals surface area contributed by atoms with Crippen molar-refractivity contribution in [1.29, 1.82) is 0 Å². The Balaban J connectivity index is 1.22. The van der Waals surface area contributed by atoms with Crippen LogP contribution in [0.3, 0.4) is 0 Å². The molecule has 2 fully saturated rings. The first-order valence-electron chi connectivity index (χ1n) is 9.76. The molecule has 2 aromatic carbocycles. The number of aromatic amines is 1. The summed E-state index contributed by atoms with van der Waals surface area (Å²) in [7, 11) is 1.78. The van der Waals surface area contributed by atoms with E-state index in [2.05, 4.69) is 26.6 Å². The van der Waals surface area contributed by atoms with Crippen molar-refractivity contribution in [2.24, 2.45) is 11.8 Å². The van der Waals surface area contributed by atoms with Crippen LogP contribution in [0.4, 0.5) is 5.69 Å². The molecule has 7 rings (SSSR count). The Morgan fingerprint density at radius 2 is 1.83 bits per heavy atom. The van der Waals surface area contributed by atoms with Gasteiger partial charge in [0.05, 0.1) is 0 Å². The molecule has 3 heterocycles. The minimum atomic E-state index is -0.804. The molecule has 144 valence electrons. The van der Waals surface area contributed by atoms with Crippen LogP contribution in [0.5, 0.6) is 0 Å². The van der Waals surface area contributed by atoms with Crippen LogP contribution in [0.1, 0.15) is 33.5 Å². The number of hydrogen-bond donors (Lipinski definition) is 2. The number of para-hydroxylation sites is 1. The van der Waals surface area contributed by atoms with E-state index in [0.717, 1.165) is 11.3 Å². The summed E-state index contributed by atoms with van der Waals surface area (Å²) in [5.41, 5.74) is 2.42. The van der Waals surface area contributed by atoms with E-state index in [1.165, 1.54) is 5.56 Å². The van der Waals surface area contributed by atoms with Crippen molar-refractivity contribution >= 4 is 17.5 Å². The van der Waals surface area contributed by atoms with Gasteiger partial charge in [0.1, 0.15) is 11.4 Å². The van der Waals surface area contributed by atoms with Gasteiger partial charge in [-0.2, -0.15) is 0 Å². The Labute approximate surface area is 167 Å². The maximum atomic E-state index is 13.2. The van der Waals surface area contributed by atoms with Crippen molar-refractivity contribution in [2.75, 3.05) is 11.9 Å². The standard InChI is InChI=1S/C22H19N5O2/c1-27-14-10-6-5-9-13(14)16-17-18(16)22(17,21(27)29)24-20(28)19-23-15(25-26-19)11-12-7-3-2-4-8-12/h2-10,16-18H,11H2,1H3,(H,24,28)(H,23,25,26)/t16-,17+,18?,22+/m0/s1. The molecule has 29 heavy (non-hydrogen) atoms. The summed E-state index contributed by atoms with van der Waals surface area (Å²) >= 11 is 0. The van der Waals surface area contributed by atoms with E-state index in [-0.39, 0.29) is 29.5 Å². The average molecular weight is 385 g/mol. The summed E-state index contributed by atoms with van der Waals surface area (Å²) in [6.45, 7) is 0. The summed E-state index contributed by atoms with van der Waals surface area (Å²) < 4.78 is 0. The lowest BCUT2D eigenvalue weighted by Gasteiger charge is -2.26. The highest BCUT2D eigenvalue weighted by molar-refractivity contribution is 6.11. The minimum Gasteiger partial charge on any atom is -0.334 e. The average Bonchev–Trinajstić information content (AvgIpc) is 3.60. The van der Waals surface area contributed by atoms with Gasteiger partial charge in [0.25, 0.3) is 11.8 Å². The molecule has 2 aliphatic carbocycles.